The molecule has 6 heteroatoms. The molecule has 0 aromatic heterocycles. The lowest BCUT2D eigenvalue weighted by Crippen LogP contribution is -2.27. The number of aldehydes is 1. The van der Waals surface area contributed by atoms with Gasteiger partial charge in [0.2, 0.25) is 0 Å². The number of nitrogens with one attached hydrogen (secondary N) is 2. The van der Waals surface area contributed by atoms with Crippen molar-refractivity contribution in [1.82, 2.24) is 4.90 Å². The minimum Gasteiger partial charge on any atom is -0.497 e. The number of amidine groups is 1. The van der Waals surface area contributed by atoms with Crippen molar-refractivity contribution >= 4 is 23.7 Å². The van der Waals surface area contributed by atoms with Gasteiger partial charge in [0.25, 0.3) is 5.91 Å². The fraction of sp³-hybridized carbons (Fsp3) is 0.250. The Balaban J connectivity index is 1.72. The molecule has 0 aliphatic carbocycles. The Morgan fingerprint density at radius 2 is 1.77 bits per heavy atom. The summed E-state index contributed by atoms with van der Waals surface area (Å²) in [7, 11) is 1.52. The molecular formula is C20H21N3O3. The first kappa shape index (κ1) is 17.7. The monoisotopic (exact) mass is 351 g/mol. The van der Waals surface area contributed by atoms with Crippen LogP contribution in [0.2, 0.25) is 0 Å². The van der Waals surface area contributed by atoms with E-state index in [4.69, 9.17) is 10.1 Å². The number of ether oxygens (including phenoxy) is 1. The van der Waals surface area contributed by atoms with Crippen LogP contribution < -0.4 is 10.1 Å². The largest absolute Gasteiger partial charge is 0.497 e. The number of hydrogen-bond donors (Lipinski definition) is 2. The number of amides is 1. The zero-order valence-electron chi connectivity index (χ0n) is 14.6. The maximum absolute atomic E-state index is 12.5. The van der Waals surface area contributed by atoms with E-state index in [0.29, 0.717) is 34.7 Å². The van der Waals surface area contributed by atoms with Crippen molar-refractivity contribution in [3.8, 4) is 5.75 Å². The van der Waals surface area contributed by atoms with Gasteiger partial charge in [0, 0.05) is 29.8 Å². The normalized spacial score (nSPS) is 13.3. The lowest BCUT2D eigenvalue weighted by Gasteiger charge is -2.18. The zero-order chi connectivity index (χ0) is 18.5. The predicted molar refractivity (Wildman–Crippen MR) is 100 cm³/mol. The van der Waals surface area contributed by atoms with Crippen molar-refractivity contribution in [2.45, 2.75) is 12.8 Å². The number of nitrogens with zero attached hydrogens (tertiary/aromatic N) is 1. The highest BCUT2D eigenvalue weighted by Crippen LogP contribution is 2.21. The van der Waals surface area contributed by atoms with Crippen molar-refractivity contribution in [2.24, 2.45) is 0 Å². The Bertz CT molecular complexity index is 825. The van der Waals surface area contributed by atoms with Crippen LogP contribution in [0.5, 0.6) is 5.75 Å². The summed E-state index contributed by atoms with van der Waals surface area (Å²) in [5, 5.41) is 11.0. The van der Waals surface area contributed by atoms with E-state index in [2.05, 4.69) is 5.32 Å². The molecule has 0 atom stereocenters. The van der Waals surface area contributed by atoms with Crippen LogP contribution in [0.15, 0.2) is 42.5 Å². The predicted octanol–water partition coefficient (Wildman–Crippen LogP) is 3.18. The third kappa shape index (κ3) is 3.74. The van der Waals surface area contributed by atoms with Gasteiger partial charge in [0.15, 0.2) is 6.29 Å². The third-order valence-electron chi connectivity index (χ3n) is 4.48. The van der Waals surface area contributed by atoms with Crippen molar-refractivity contribution in [3.05, 3.63) is 59.2 Å². The van der Waals surface area contributed by atoms with Gasteiger partial charge in [-0.2, -0.15) is 0 Å². The van der Waals surface area contributed by atoms with E-state index in [9.17, 15) is 9.59 Å². The van der Waals surface area contributed by atoms with Gasteiger partial charge in [-0.3, -0.25) is 15.0 Å². The summed E-state index contributed by atoms with van der Waals surface area (Å²) in [5.41, 5.74) is 2.04. The Labute approximate surface area is 152 Å². The summed E-state index contributed by atoms with van der Waals surface area (Å²) in [6, 6.07) is 11.8. The SMILES string of the molecule is COc1ccc(NC(=O)c2ccc(C(=N)N3CCCC3)cc2)c(C=O)c1. The number of methoxy groups -OCH3 is 1. The molecule has 0 spiro atoms. The van der Waals surface area contributed by atoms with Crippen LogP contribution in [-0.4, -0.2) is 43.1 Å². The quantitative estimate of drug-likeness (QED) is 0.492. The summed E-state index contributed by atoms with van der Waals surface area (Å²) in [5.74, 6) is 0.736. The first-order chi connectivity index (χ1) is 12.6. The van der Waals surface area contributed by atoms with Crippen molar-refractivity contribution in [3.63, 3.8) is 0 Å². The fourth-order valence-corrected chi connectivity index (χ4v) is 2.98. The topological polar surface area (TPSA) is 82.5 Å². The van der Waals surface area contributed by atoms with Gasteiger partial charge in [0.1, 0.15) is 11.6 Å². The lowest BCUT2D eigenvalue weighted by molar-refractivity contribution is 0.102. The highest BCUT2D eigenvalue weighted by molar-refractivity contribution is 6.07. The molecule has 0 saturated carbocycles. The van der Waals surface area contributed by atoms with Crippen molar-refractivity contribution in [2.75, 3.05) is 25.5 Å². The molecule has 2 aromatic rings. The average Bonchev–Trinajstić information content (AvgIpc) is 3.22. The van der Waals surface area contributed by atoms with E-state index in [-0.39, 0.29) is 5.91 Å². The van der Waals surface area contributed by atoms with Crippen molar-refractivity contribution in [1.29, 1.82) is 5.41 Å². The van der Waals surface area contributed by atoms with Crippen LogP contribution in [0.4, 0.5) is 5.69 Å². The molecule has 1 saturated heterocycles. The molecule has 1 amide bonds. The van der Waals surface area contributed by atoms with E-state index in [1.165, 1.54) is 7.11 Å². The third-order valence-corrected chi connectivity index (χ3v) is 4.48. The van der Waals surface area contributed by atoms with E-state index in [0.717, 1.165) is 31.5 Å². The Hall–Kier alpha value is -3.15. The Morgan fingerprint density at radius 1 is 1.12 bits per heavy atom. The summed E-state index contributed by atoms with van der Waals surface area (Å²) in [6.45, 7) is 1.82. The second-order valence-electron chi connectivity index (χ2n) is 6.15. The van der Waals surface area contributed by atoms with Gasteiger partial charge in [-0.15, -0.1) is 0 Å². The molecule has 1 heterocycles. The molecular weight excluding hydrogens is 330 g/mol. The molecule has 0 bridgehead atoms. The molecule has 1 fully saturated rings. The average molecular weight is 351 g/mol. The maximum atomic E-state index is 12.5. The number of carbonyl (C=O) groups excluding carboxylic acids is 2. The number of anilines is 1. The van der Waals surface area contributed by atoms with Crippen LogP contribution in [0.1, 0.15) is 39.1 Å². The summed E-state index contributed by atoms with van der Waals surface area (Å²) < 4.78 is 5.08. The maximum Gasteiger partial charge on any atom is 0.255 e. The molecule has 2 N–H and O–H groups in total. The fourth-order valence-electron chi connectivity index (χ4n) is 2.98. The van der Waals surface area contributed by atoms with Gasteiger partial charge in [-0.1, -0.05) is 12.1 Å². The lowest BCUT2D eigenvalue weighted by atomic mass is 10.1. The summed E-state index contributed by atoms with van der Waals surface area (Å²) in [6.07, 6.45) is 2.91. The second-order valence-corrected chi connectivity index (χ2v) is 6.15. The molecule has 0 unspecified atom stereocenters. The van der Waals surface area contributed by atoms with Crippen LogP contribution in [0.3, 0.4) is 0 Å². The van der Waals surface area contributed by atoms with Crippen LogP contribution >= 0.6 is 0 Å². The standard InChI is InChI=1S/C20H21N3O3/c1-26-17-8-9-18(16(12-17)13-24)22-20(25)15-6-4-14(5-7-15)19(21)23-10-2-3-11-23/h4-9,12-13,21H,2-3,10-11H2,1H3,(H,22,25). The van der Waals surface area contributed by atoms with E-state index < -0.39 is 0 Å². The van der Waals surface area contributed by atoms with Crippen LogP contribution in [0, 0.1) is 5.41 Å². The van der Waals surface area contributed by atoms with Crippen molar-refractivity contribution < 1.29 is 14.3 Å². The van der Waals surface area contributed by atoms with E-state index >= 15 is 0 Å². The molecule has 134 valence electrons. The second kappa shape index (κ2) is 7.82. The minimum atomic E-state index is -0.308. The van der Waals surface area contributed by atoms with Gasteiger partial charge < -0.3 is 15.0 Å². The molecule has 3 rings (SSSR count). The number of benzene rings is 2. The number of hydrogen-bond acceptors (Lipinski definition) is 4. The highest BCUT2D eigenvalue weighted by atomic mass is 16.5. The van der Waals surface area contributed by atoms with Crippen LogP contribution in [-0.2, 0) is 0 Å². The van der Waals surface area contributed by atoms with Gasteiger partial charge in [-0.25, -0.2) is 0 Å². The minimum absolute atomic E-state index is 0.308. The van der Waals surface area contributed by atoms with E-state index in [1.54, 1.807) is 42.5 Å². The first-order valence-electron chi connectivity index (χ1n) is 8.51. The molecule has 1 aliphatic rings. The molecule has 6 nitrogen and oxygen atoms in total. The number of rotatable bonds is 5. The zero-order valence-corrected chi connectivity index (χ0v) is 14.6. The Morgan fingerprint density at radius 3 is 2.38 bits per heavy atom. The van der Waals surface area contributed by atoms with E-state index in [1.807, 2.05) is 4.90 Å². The molecule has 26 heavy (non-hydrogen) atoms. The molecule has 0 radical (unpaired) electrons. The molecule has 1 aliphatic heterocycles. The van der Waals surface area contributed by atoms with Gasteiger partial charge in [0.05, 0.1) is 12.8 Å². The van der Waals surface area contributed by atoms with Gasteiger partial charge >= 0.3 is 0 Å². The number of likely N-dealkylation sites (tertiary alicyclic amines) is 1. The first-order valence-corrected chi connectivity index (χ1v) is 8.51. The number of carbonyl (C=O) groups is 2. The summed E-state index contributed by atoms with van der Waals surface area (Å²) >= 11 is 0. The smallest absolute Gasteiger partial charge is 0.255 e. The Kier molecular flexibility index (Phi) is 5.31. The summed E-state index contributed by atoms with van der Waals surface area (Å²) in [4.78, 5) is 25.7. The van der Waals surface area contributed by atoms with Gasteiger partial charge in [-0.05, 0) is 43.2 Å². The highest BCUT2D eigenvalue weighted by Gasteiger charge is 2.17. The molecule has 2 aromatic carbocycles. The van der Waals surface area contributed by atoms with Crippen LogP contribution in [0.25, 0.3) is 0 Å².